The first-order valence-electron chi connectivity index (χ1n) is 6.18. The molecule has 3 atom stereocenters. The van der Waals surface area contributed by atoms with Crippen LogP contribution in [0.25, 0.3) is 0 Å². The maximum atomic E-state index is 11.4. The van der Waals surface area contributed by atoms with Gasteiger partial charge in [0, 0.05) is 17.4 Å². The summed E-state index contributed by atoms with van der Waals surface area (Å²) in [5.41, 5.74) is -0.334. The number of rotatable bonds is 6. The Morgan fingerprint density at radius 1 is 1.61 bits per heavy atom. The first-order valence-corrected chi connectivity index (χ1v) is 7.23. The van der Waals surface area contributed by atoms with Crippen molar-refractivity contribution in [3.63, 3.8) is 0 Å². The lowest BCUT2D eigenvalue weighted by atomic mass is 9.97. The Bertz CT molecular complexity index is 352. The van der Waals surface area contributed by atoms with Gasteiger partial charge in [-0.05, 0) is 19.9 Å². The smallest absolute Gasteiger partial charge is 0.316 e. The number of carbonyl (C=O) groups is 2. The van der Waals surface area contributed by atoms with Crippen LogP contribution in [0.3, 0.4) is 0 Å². The van der Waals surface area contributed by atoms with E-state index in [1.807, 2.05) is 18.8 Å². The number of hydrogen-bond donors (Lipinski definition) is 4. The Hall–Kier alpha value is -0.950. The number of carboxylic acids is 1. The van der Waals surface area contributed by atoms with E-state index in [0.29, 0.717) is 11.7 Å². The fraction of sp³-hybridized carbons (Fsp3) is 0.818. The zero-order chi connectivity index (χ0) is 13.2. The van der Waals surface area contributed by atoms with Gasteiger partial charge in [0.1, 0.15) is 5.66 Å². The highest BCUT2D eigenvalue weighted by Crippen LogP contribution is 2.38. The summed E-state index contributed by atoms with van der Waals surface area (Å²) in [6.07, 6.45) is 2.75. The van der Waals surface area contributed by atoms with Gasteiger partial charge >= 0.3 is 12.0 Å². The van der Waals surface area contributed by atoms with Gasteiger partial charge in [-0.1, -0.05) is 6.42 Å². The van der Waals surface area contributed by atoms with Crippen molar-refractivity contribution in [3.05, 3.63) is 0 Å². The lowest BCUT2D eigenvalue weighted by molar-refractivity contribution is -0.137. The number of carbonyl (C=O) groups excluding carboxylic acids is 1. The molecule has 4 N–H and O–H groups in total. The van der Waals surface area contributed by atoms with Gasteiger partial charge < -0.3 is 15.7 Å². The standard InChI is InChI=1S/C11H19N3O3S/c1-12-11-6-18-7(4-2-3-5-8(15)16)9(11)13-10(17)14-11/h7,9,12H,2-6H2,1H3,(H,15,16)(H2,13,14,17)/t7-,9+,11-/m0/s1. The molecule has 6 nitrogen and oxygen atoms in total. The minimum atomic E-state index is -0.741. The van der Waals surface area contributed by atoms with E-state index in [1.54, 1.807) is 0 Å². The predicted molar refractivity (Wildman–Crippen MR) is 69.6 cm³/mol. The van der Waals surface area contributed by atoms with E-state index in [0.717, 1.165) is 18.6 Å². The van der Waals surface area contributed by atoms with Crippen LogP contribution in [0.15, 0.2) is 0 Å². The molecule has 0 aromatic heterocycles. The number of thioether (sulfide) groups is 1. The number of hydrogen-bond acceptors (Lipinski definition) is 4. The molecule has 2 aliphatic rings. The van der Waals surface area contributed by atoms with Crippen molar-refractivity contribution >= 4 is 23.8 Å². The maximum absolute atomic E-state index is 11.4. The van der Waals surface area contributed by atoms with E-state index in [9.17, 15) is 9.59 Å². The van der Waals surface area contributed by atoms with Crippen molar-refractivity contribution in [1.82, 2.24) is 16.0 Å². The second-order valence-corrected chi connectivity index (χ2v) is 6.01. The maximum Gasteiger partial charge on any atom is 0.316 e. The van der Waals surface area contributed by atoms with Crippen LogP contribution in [-0.2, 0) is 4.79 Å². The lowest BCUT2D eigenvalue weighted by Crippen LogP contribution is -2.60. The summed E-state index contributed by atoms with van der Waals surface area (Å²) in [5, 5.41) is 18.0. The van der Waals surface area contributed by atoms with Crippen LogP contribution in [0.5, 0.6) is 0 Å². The van der Waals surface area contributed by atoms with E-state index >= 15 is 0 Å². The summed E-state index contributed by atoms with van der Waals surface area (Å²) < 4.78 is 0. The topological polar surface area (TPSA) is 90.5 Å². The highest BCUT2D eigenvalue weighted by Gasteiger charge is 2.53. The van der Waals surface area contributed by atoms with Crippen molar-refractivity contribution < 1.29 is 14.7 Å². The Balaban J connectivity index is 1.84. The Labute approximate surface area is 110 Å². The summed E-state index contributed by atoms with van der Waals surface area (Å²) in [6.45, 7) is 0. The number of aliphatic carboxylic acids is 1. The Kier molecular flexibility index (Phi) is 4.01. The van der Waals surface area contributed by atoms with Crippen LogP contribution >= 0.6 is 11.8 Å². The van der Waals surface area contributed by atoms with Crippen molar-refractivity contribution in [2.45, 2.75) is 42.6 Å². The molecule has 0 radical (unpaired) electrons. The third kappa shape index (κ3) is 2.56. The second kappa shape index (κ2) is 5.36. The molecule has 2 saturated heterocycles. The zero-order valence-corrected chi connectivity index (χ0v) is 11.2. The number of carboxylic acid groups (broad SMARTS) is 1. The lowest BCUT2D eigenvalue weighted by Gasteiger charge is -2.28. The van der Waals surface area contributed by atoms with E-state index in [4.69, 9.17) is 5.11 Å². The molecule has 102 valence electrons. The minimum Gasteiger partial charge on any atom is -0.481 e. The number of unbranched alkanes of at least 4 members (excludes halogenated alkanes) is 1. The molecule has 0 unspecified atom stereocenters. The van der Waals surface area contributed by atoms with E-state index in [1.165, 1.54) is 0 Å². The fourth-order valence-electron chi connectivity index (χ4n) is 2.61. The molecular formula is C11H19N3O3S. The molecule has 2 heterocycles. The molecule has 2 aliphatic heterocycles. The highest BCUT2D eigenvalue weighted by molar-refractivity contribution is 8.00. The van der Waals surface area contributed by atoms with Crippen LogP contribution in [0, 0.1) is 0 Å². The van der Waals surface area contributed by atoms with Crippen LogP contribution in [-0.4, -0.2) is 46.9 Å². The van der Waals surface area contributed by atoms with Crippen molar-refractivity contribution in [3.8, 4) is 0 Å². The Morgan fingerprint density at radius 3 is 3.06 bits per heavy atom. The van der Waals surface area contributed by atoms with Gasteiger partial charge in [-0.3, -0.25) is 10.1 Å². The van der Waals surface area contributed by atoms with Gasteiger partial charge in [-0.2, -0.15) is 11.8 Å². The highest BCUT2D eigenvalue weighted by atomic mass is 32.2. The van der Waals surface area contributed by atoms with Gasteiger partial charge in [0.15, 0.2) is 0 Å². The molecular weight excluding hydrogens is 254 g/mol. The number of fused-ring (bicyclic) bond motifs is 1. The zero-order valence-electron chi connectivity index (χ0n) is 10.4. The summed E-state index contributed by atoms with van der Waals surface area (Å²) in [4.78, 5) is 21.9. The van der Waals surface area contributed by atoms with E-state index in [2.05, 4.69) is 16.0 Å². The number of urea groups is 1. The molecule has 2 fully saturated rings. The molecule has 0 aromatic rings. The quantitative estimate of drug-likeness (QED) is 0.414. The summed E-state index contributed by atoms with van der Waals surface area (Å²) in [7, 11) is 1.85. The molecule has 0 aliphatic carbocycles. The third-order valence-electron chi connectivity index (χ3n) is 3.63. The largest absolute Gasteiger partial charge is 0.481 e. The fourth-order valence-corrected chi connectivity index (χ4v) is 4.31. The van der Waals surface area contributed by atoms with Gasteiger partial charge in [0.25, 0.3) is 0 Å². The third-order valence-corrected chi connectivity index (χ3v) is 5.18. The van der Waals surface area contributed by atoms with Crippen LogP contribution < -0.4 is 16.0 Å². The number of amides is 2. The average molecular weight is 273 g/mol. The Morgan fingerprint density at radius 2 is 2.39 bits per heavy atom. The SMILES string of the molecule is CN[C@]12CS[C@@H](CCCCC(=O)O)[C@H]1NC(=O)N2. The van der Waals surface area contributed by atoms with Crippen molar-refractivity contribution in [2.24, 2.45) is 0 Å². The summed E-state index contributed by atoms with van der Waals surface area (Å²) in [5.74, 6) is 0.103. The van der Waals surface area contributed by atoms with Gasteiger partial charge in [0.05, 0.1) is 6.04 Å². The van der Waals surface area contributed by atoms with Crippen LogP contribution in [0.1, 0.15) is 25.7 Å². The van der Waals surface area contributed by atoms with E-state index < -0.39 is 5.97 Å². The summed E-state index contributed by atoms with van der Waals surface area (Å²) in [6, 6.07) is -0.0324. The molecule has 2 amide bonds. The molecule has 0 spiro atoms. The molecule has 0 saturated carbocycles. The van der Waals surface area contributed by atoms with Crippen molar-refractivity contribution in [2.75, 3.05) is 12.8 Å². The van der Waals surface area contributed by atoms with Gasteiger partial charge in [-0.25, -0.2) is 4.79 Å². The molecule has 7 heteroatoms. The summed E-state index contributed by atoms with van der Waals surface area (Å²) >= 11 is 1.83. The monoisotopic (exact) mass is 273 g/mol. The number of likely N-dealkylation sites (N-methyl/N-ethyl adjacent to an activating group) is 1. The van der Waals surface area contributed by atoms with E-state index in [-0.39, 0.29) is 24.2 Å². The first kappa shape index (κ1) is 13.5. The van der Waals surface area contributed by atoms with Crippen LogP contribution in [0.2, 0.25) is 0 Å². The first-order chi connectivity index (χ1) is 8.57. The van der Waals surface area contributed by atoms with Gasteiger partial charge in [-0.15, -0.1) is 0 Å². The predicted octanol–water partition coefficient (Wildman–Crippen LogP) is 0.344. The second-order valence-electron chi connectivity index (χ2n) is 4.79. The molecule has 0 bridgehead atoms. The van der Waals surface area contributed by atoms with Crippen LogP contribution in [0.4, 0.5) is 4.79 Å². The number of nitrogens with one attached hydrogen (secondary N) is 3. The van der Waals surface area contributed by atoms with Crippen molar-refractivity contribution in [1.29, 1.82) is 0 Å². The molecule has 2 rings (SSSR count). The molecule has 0 aromatic carbocycles. The average Bonchev–Trinajstić information content (AvgIpc) is 2.80. The minimum absolute atomic E-state index is 0.0878. The molecule has 18 heavy (non-hydrogen) atoms. The van der Waals surface area contributed by atoms with Gasteiger partial charge in [0.2, 0.25) is 0 Å². The normalized spacial score (nSPS) is 33.9.